The van der Waals surface area contributed by atoms with Gasteiger partial charge in [-0.2, -0.15) is 0 Å². The van der Waals surface area contributed by atoms with Crippen LogP contribution in [-0.4, -0.2) is 31.4 Å². The number of carbonyl (C=O) groups excluding carboxylic acids is 1. The molecule has 0 saturated carbocycles. The number of carbonyl (C=O) groups is 1. The van der Waals surface area contributed by atoms with Gasteiger partial charge in [0.25, 0.3) is 0 Å². The number of anilines is 1. The molecule has 4 heteroatoms. The molecule has 82 valence electrons. The predicted octanol–water partition coefficient (Wildman–Crippen LogP) is 2.26. The van der Waals surface area contributed by atoms with Crippen molar-refractivity contribution in [1.82, 2.24) is 4.90 Å². The number of nitrogens with one attached hydrogen (secondary N) is 1. The average molecular weight is 271 g/mol. The Kier molecular flexibility index (Phi) is 4.29. The minimum atomic E-state index is 0.00111. The van der Waals surface area contributed by atoms with E-state index >= 15 is 0 Å². The molecule has 0 fully saturated rings. The van der Waals surface area contributed by atoms with Crippen molar-refractivity contribution in [1.29, 1.82) is 0 Å². The summed E-state index contributed by atoms with van der Waals surface area (Å²) in [5.41, 5.74) is 1.92. The molecule has 0 aliphatic rings. The van der Waals surface area contributed by atoms with Crippen molar-refractivity contribution in [2.75, 3.05) is 26.0 Å². The Bertz CT molecular complexity index is 364. The Balaban J connectivity index is 2.71. The van der Waals surface area contributed by atoms with Gasteiger partial charge in [-0.25, -0.2) is 0 Å². The van der Waals surface area contributed by atoms with E-state index < -0.39 is 0 Å². The van der Waals surface area contributed by atoms with Gasteiger partial charge in [0, 0.05) is 10.2 Å². The van der Waals surface area contributed by atoms with Crippen LogP contribution in [0.5, 0.6) is 0 Å². The molecule has 0 heterocycles. The topological polar surface area (TPSA) is 32.3 Å². The number of benzene rings is 1. The van der Waals surface area contributed by atoms with E-state index in [1.54, 1.807) is 0 Å². The van der Waals surface area contributed by atoms with E-state index in [4.69, 9.17) is 0 Å². The van der Waals surface area contributed by atoms with Crippen molar-refractivity contribution in [3.8, 4) is 0 Å². The first kappa shape index (κ1) is 12.2. The molecule has 0 spiro atoms. The molecule has 1 N–H and O–H groups in total. The third-order valence-electron chi connectivity index (χ3n) is 1.93. The standard InChI is InChI=1S/C11H15BrN2O/c1-8-4-5-9(12)6-10(8)13-11(15)7-14(2)3/h4-6H,7H2,1-3H3,(H,13,15). The second-order valence-corrected chi connectivity index (χ2v) is 4.66. The monoisotopic (exact) mass is 270 g/mol. The molecule has 1 rings (SSSR count). The summed E-state index contributed by atoms with van der Waals surface area (Å²) in [6, 6.07) is 5.83. The summed E-state index contributed by atoms with van der Waals surface area (Å²) in [5, 5.41) is 2.87. The summed E-state index contributed by atoms with van der Waals surface area (Å²) in [4.78, 5) is 13.4. The van der Waals surface area contributed by atoms with E-state index in [9.17, 15) is 4.79 Å². The molecule has 0 aromatic heterocycles. The van der Waals surface area contributed by atoms with Crippen LogP contribution >= 0.6 is 15.9 Å². The highest BCUT2D eigenvalue weighted by Gasteiger charge is 2.05. The molecular weight excluding hydrogens is 256 g/mol. The summed E-state index contributed by atoms with van der Waals surface area (Å²) in [5.74, 6) is 0.00111. The zero-order valence-electron chi connectivity index (χ0n) is 9.17. The number of amides is 1. The molecular formula is C11H15BrN2O. The molecule has 0 aliphatic carbocycles. The van der Waals surface area contributed by atoms with Crippen molar-refractivity contribution >= 4 is 27.5 Å². The fourth-order valence-electron chi connectivity index (χ4n) is 1.21. The Hall–Kier alpha value is -0.870. The van der Waals surface area contributed by atoms with Crippen LogP contribution in [-0.2, 0) is 4.79 Å². The van der Waals surface area contributed by atoms with Crippen LogP contribution in [0.3, 0.4) is 0 Å². The third-order valence-corrected chi connectivity index (χ3v) is 2.43. The SMILES string of the molecule is Cc1ccc(Br)cc1NC(=O)CN(C)C. The summed E-state index contributed by atoms with van der Waals surface area (Å²) >= 11 is 3.38. The maximum atomic E-state index is 11.5. The largest absolute Gasteiger partial charge is 0.325 e. The van der Waals surface area contributed by atoms with Gasteiger partial charge in [0.15, 0.2) is 0 Å². The summed E-state index contributed by atoms with van der Waals surface area (Å²) < 4.78 is 0.966. The molecule has 0 atom stereocenters. The second kappa shape index (κ2) is 5.28. The first-order valence-electron chi connectivity index (χ1n) is 4.70. The number of halogens is 1. The van der Waals surface area contributed by atoms with Crippen molar-refractivity contribution in [2.45, 2.75) is 6.92 Å². The molecule has 1 amide bonds. The number of hydrogen-bond donors (Lipinski definition) is 1. The van der Waals surface area contributed by atoms with E-state index in [0.717, 1.165) is 15.7 Å². The van der Waals surface area contributed by atoms with Crippen LogP contribution in [0.2, 0.25) is 0 Å². The third kappa shape index (κ3) is 4.01. The molecule has 1 aromatic carbocycles. The molecule has 0 aliphatic heterocycles. The lowest BCUT2D eigenvalue weighted by atomic mass is 10.2. The average Bonchev–Trinajstić information content (AvgIpc) is 2.10. The summed E-state index contributed by atoms with van der Waals surface area (Å²) in [6.45, 7) is 2.36. The Morgan fingerprint density at radius 2 is 2.13 bits per heavy atom. The van der Waals surface area contributed by atoms with E-state index in [1.807, 2.05) is 44.1 Å². The van der Waals surface area contributed by atoms with E-state index in [-0.39, 0.29) is 5.91 Å². The van der Waals surface area contributed by atoms with Gasteiger partial charge in [0.2, 0.25) is 5.91 Å². The number of rotatable bonds is 3. The van der Waals surface area contributed by atoms with Crippen LogP contribution in [0.4, 0.5) is 5.69 Å². The molecule has 0 bridgehead atoms. The van der Waals surface area contributed by atoms with Gasteiger partial charge in [-0.15, -0.1) is 0 Å². The zero-order chi connectivity index (χ0) is 11.4. The van der Waals surface area contributed by atoms with Gasteiger partial charge in [0.1, 0.15) is 0 Å². The second-order valence-electron chi connectivity index (χ2n) is 3.75. The lowest BCUT2D eigenvalue weighted by Crippen LogP contribution is -2.27. The first-order chi connectivity index (χ1) is 6.99. The van der Waals surface area contributed by atoms with Gasteiger partial charge in [-0.05, 0) is 38.7 Å². The van der Waals surface area contributed by atoms with Crippen molar-refractivity contribution in [3.05, 3.63) is 28.2 Å². The molecule has 0 radical (unpaired) electrons. The molecule has 3 nitrogen and oxygen atoms in total. The lowest BCUT2D eigenvalue weighted by Gasteiger charge is -2.12. The van der Waals surface area contributed by atoms with Crippen molar-refractivity contribution in [2.24, 2.45) is 0 Å². The molecule has 1 aromatic rings. The highest BCUT2D eigenvalue weighted by atomic mass is 79.9. The highest BCUT2D eigenvalue weighted by molar-refractivity contribution is 9.10. The Labute approximate surface area is 98.6 Å². The van der Waals surface area contributed by atoms with E-state index in [0.29, 0.717) is 6.54 Å². The Morgan fingerprint density at radius 1 is 1.47 bits per heavy atom. The van der Waals surface area contributed by atoms with Gasteiger partial charge in [-0.3, -0.25) is 4.79 Å². The minimum Gasteiger partial charge on any atom is -0.325 e. The van der Waals surface area contributed by atoms with E-state index in [2.05, 4.69) is 21.2 Å². The Morgan fingerprint density at radius 3 is 2.73 bits per heavy atom. The van der Waals surface area contributed by atoms with Crippen molar-refractivity contribution in [3.63, 3.8) is 0 Å². The fourth-order valence-corrected chi connectivity index (χ4v) is 1.57. The van der Waals surface area contributed by atoms with Crippen LogP contribution < -0.4 is 5.32 Å². The smallest absolute Gasteiger partial charge is 0.238 e. The molecule has 0 saturated heterocycles. The number of likely N-dealkylation sites (N-methyl/N-ethyl adjacent to an activating group) is 1. The lowest BCUT2D eigenvalue weighted by molar-refractivity contribution is -0.116. The quantitative estimate of drug-likeness (QED) is 0.914. The number of hydrogen-bond acceptors (Lipinski definition) is 2. The minimum absolute atomic E-state index is 0.00111. The van der Waals surface area contributed by atoms with Crippen LogP contribution in [0.1, 0.15) is 5.56 Å². The van der Waals surface area contributed by atoms with Crippen LogP contribution in [0.25, 0.3) is 0 Å². The van der Waals surface area contributed by atoms with Crippen LogP contribution in [0, 0.1) is 6.92 Å². The van der Waals surface area contributed by atoms with Gasteiger partial charge < -0.3 is 10.2 Å². The molecule has 0 unspecified atom stereocenters. The van der Waals surface area contributed by atoms with Crippen LogP contribution in [0.15, 0.2) is 22.7 Å². The number of aryl methyl sites for hydroxylation is 1. The summed E-state index contributed by atoms with van der Waals surface area (Å²) in [6.07, 6.45) is 0. The maximum Gasteiger partial charge on any atom is 0.238 e. The first-order valence-corrected chi connectivity index (χ1v) is 5.49. The normalized spacial score (nSPS) is 10.5. The zero-order valence-corrected chi connectivity index (χ0v) is 10.8. The van der Waals surface area contributed by atoms with Gasteiger partial charge in [-0.1, -0.05) is 22.0 Å². The predicted molar refractivity (Wildman–Crippen MR) is 66.1 cm³/mol. The fraction of sp³-hybridized carbons (Fsp3) is 0.364. The van der Waals surface area contributed by atoms with E-state index in [1.165, 1.54) is 0 Å². The maximum absolute atomic E-state index is 11.5. The molecule has 15 heavy (non-hydrogen) atoms. The van der Waals surface area contributed by atoms with Crippen molar-refractivity contribution < 1.29 is 4.79 Å². The van der Waals surface area contributed by atoms with Gasteiger partial charge in [0.05, 0.1) is 6.54 Å². The van der Waals surface area contributed by atoms with Gasteiger partial charge >= 0.3 is 0 Å². The summed E-state index contributed by atoms with van der Waals surface area (Å²) in [7, 11) is 3.74. The number of nitrogens with zero attached hydrogens (tertiary/aromatic N) is 1. The highest BCUT2D eigenvalue weighted by Crippen LogP contribution is 2.20.